The molecule has 0 bridgehead atoms. The van der Waals surface area contributed by atoms with Crippen LogP contribution in [0.15, 0.2) is 53.4 Å². The molecule has 1 N–H and O–H groups in total. The average molecular weight is 443 g/mol. The number of hydrogen-bond donors (Lipinski definition) is 1. The average Bonchev–Trinajstić information content (AvgIpc) is 2.77. The van der Waals surface area contributed by atoms with Crippen LogP contribution < -0.4 is 10.1 Å². The van der Waals surface area contributed by atoms with Crippen LogP contribution >= 0.6 is 11.8 Å². The molecule has 168 valence electrons. The Morgan fingerprint density at radius 2 is 1.71 bits per heavy atom. The molecule has 31 heavy (non-hydrogen) atoms. The van der Waals surface area contributed by atoms with Gasteiger partial charge in [0, 0.05) is 18.0 Å². The topological polar surface area (TPSA) is 58.6 Å². The Bertz CT molecular complexity index is 835. The summed E-state index contributed by atoms with van der Waals surface area (Å²) in [6, 6.07) is 15.2. The van der Waals surface area contributed by atoms with Crippen molar-refractivity contribution in [2.75, 3.05) is 19.4 Å². The number of hydrogen-bond acceptors (Lipinski definition) is 4. The molecule has 0 aliphatic rings. The van der Waals surface area contributed by atoms with Crippen molar-refractivity contribution in [1.29, 1.82) is 0 Å². The number of nitrogens with one attached hydrogen (secondary N) is 1. The van der Waals surface area contributed by atoms with Gasteiger partial charge in [0.1, 0.15) is 11.8 Å². The van der Waals surface area contributed by atoms with Crippen molar-refractivity contribution in [1.82, 2.24) is 10.2 Å². The zero-order valence-corrected chi connectivity index (χ0v) is 20.0. The summed E-state index contributed by atoms with van der Waals surface area (Å²) in [6.07, 6.45) is 0.557. The van der Waals surface area contributed by atoms with Gasteiger partial charge in [0.15, 0.2) is 0 Å². The molecule has 0 heterocycles. The number of nitrogens with zero attached hydrogens (tertiary/aromatic N) is 1. The van der Waals surface area contributed by atoms with E-state index in [1.54, 1.807) is 12.0 Å². The summed E-state index contributed by atoms with van der Waals surface area (Å²) in [7, 11) is 1.62. The van der Waals surface area contributed by atoms with E-state index >= 15 is 0 Å². The molecule has 5 nitrogen and oxygen atoms in total. The number of carbonyl (C=O) groups excluding carboxylic acids is 2. The van der Waals surface area contributed by atoms with E-state index in [1.165, 1.54) is 17.3 Å². The number of carbonyl (C=O) groups is 2. The van der Waals surface area contributed by atoms with Crippen LogP contribution in [0.3, 0.4) is 0 Å². The Balaban J connectivity index is 2.18. The summed E-state index contributed by atoms with van der Waals surface area (Å²) in [5, 5.41) is 2.99. The van der Waals surface area contributed by atoms with Crippen LogP contribution in [0, 0.1) is 12.8 Å². The zero-order chi connectivity index (χ0) is 22.8. The summed E-state index contributed by atoms with van der Waals surface area (Å²) in [6.45, 7) is 9.07. The predicted octanol–water partition coefficient (Wildman–Crippen LogP) is 4.68. The first-order chi connectivity index (χ1) is 14.8. The number of methoxy groups -OCH3 is 1. The van der Waals surface area contributed by atoms with Crippen LogP contribution in [-0.4, -0.2) is 42.2 Å². The van der Waals surface area contributed by atoms with E-state index in [2.05, 4.69) is 19.2 Å². The number of rotatable bonds is 11. The fourth-order valence-electron chi connectivity index (χ4n) is 3.13. The van der Waals surface area contributed by atoms with E-state index in [-0.39, 0.29) is 17.6 Å². The third-order valence-corrected chi connectivity index (χ3v) is 5.96. The lowest BCUT2D eigenvalue weighted by Crippen LogP contribution is -2.50. The van der Waals surface area contributed by atoms with Gasteiger partial charge in [-0.05, 0) is 49.1 Å². The van der Waals surface area contributed by atoms with Crippen LogP contribution in [0.25, 0.3) is 0 Å². The Labute approximate surface area is 190 Å². The van der Waals surface area contributed by atoms with E-state index in [1.807, 2.05) is 62.4 Å². The molecule has 2 aromatic rings. The summed E-state index contributed by atoms with van der Waals surface area (Å²) >= 11 is 1.50. The highest BCUT2D eigenvalue weighted by atomic mass is 32.2. The second-order valence-electron chi connectivity index (χ2n) is 8.03. The van der Waals surface area contributed by atoms with Crippen molar-refractivity contribution in [3.05, 3.63) is 59.7 Å². The van der Waals surface area contributed by atoms with Crippen LogP contribution in [0.1, 0.15) is 38.3 Å². The van der Waals surface area contributed by atoms with Gasteiger partial charge >= 0.3 is 0 Å². The molecule has 0 aliphatic heterocycles. The van der Waals surface area contributed by atoms with Gasteiger partial charge in [-0.25, -0.2) is 0 Å². The number of ether oxygens (including phenoxy) is 1. The highest BCUT2D eigenvalue weighted by Crippen LogP contribution is 2.21. The molecule has 0 fully saturated rings. The smallest absolute Gasteiger partial charge is 0.242 e. The second kappa shape index (κ2) is 12.4. The first-order valence-corrected chi connectivity index (χ1v) is 11.7. The summed E-state index contributed by atoms with van der Waals surface area (Å²) in [5.74, 6) is 1.25. The molecule has 2 aromatic carbocycles. The fraction of sp³-hybridized carbons (Fsp3) is 0.440. The van der Waals surface area contributed by atoms with E-state index in [9.17, 15) is 9.59 Å². The van der Waals surface area contributed by atoms with Crippen molar-refractivity contribution < 1.29 is 14.3 Å². The van der Waals surface area contributed by atoms with Crippen molar-refractivity contribution in [3.8, 4) is 5.75 Å². The lowest BCUT2D eigenvalue weighted by atomic mass is 10.1. The van der Waals surface area contributed by atoms with Crippen molar-refractivity contribution >= 4 is 23.6 Å². The van der Waals surface area contributed by atoms with Crippen molar-refractivity contribution in [3.63, 3.8) is 0 Å². The van der Waals surface area contributed by atoms with Crippen LogP contribution in [0.4, 0.5) is 0 Å². The molecular formula is C25H34N2O3S. The Kier molecular flexibility index (Phi) is 9.92. The fourth-order valence-corrected chi connectivity index (χ4v) is 3.92. The maximum atomic E-state index is 13.3. The minimum atomic E-state index is -0.507. The normalized spacial score (nSPS) is 11.8. The van der Waals surface area contributed by atoms with Gasteiger partial charge in [0.2, 0.25) is 11.8 Å². The lowest BCUT2D eigenvalue weighted by Gasteiger charge is -2.31. The van der Waals surface area contributed by atoms with Gasteiger partial charge in [-0.1, -0.05) is 50.6 Å². The van der Waals surface area contributed by atoms with Crippen LogP contribution in [-0.2, 0) is 16.1 Å². The van der Waals surface area contributed by atoms with E-state index in [0.717, 1.165) is 16.2 Å². The minimum Gasteiger partial charge on any atom is -0.497 e. The van der Waals surface area contributed by atoms with E-state index in [0.29, 0.717) is 25.4 Å². The van der Waals surface area contributed by atoms with E-state index in [4.69, 9.17) is 4.74 Å². The molecule has 0 unspecified atom stereocenters. The molecule has 2 rings (SSSR count). The first kappa shape index (κ1) is 24.8. The zero-order valence-electron chi connectivity index (χ0n) is 19.2. The van der Waals surface area contributed by atoms with Gasteiger partial charge in [0.25, 0.3) is 0 Å². The molecule has 0 aliphatic carbocycles. The van der Waals surface area contributed by atoms with Crippen molar-refractivity contribution in [2.45, 2.75) is 51.6 Å². The standard InChI is InChI=1S/C25H34N2O3S/c1-6-23(25(29)26-15-18(2)3)27(16-20-9-11-21(30-5)12-10-20)24(28)17-31-22-13-7-19(4)8-14-22/h7-14,18,23H,6,15-17H2,1-5H3,(H,26,29)/t23-/m1/s1. The summed E-state index contributed by atoms with van der Waals surface area (Å²) in [5.41, 5.74) is 2.15. The molecule has 0 spiro atoms. The molecule has 6 heteroatoms. The number of aryl methyl sites for hydroxylation is 1. The molecule has 2 amide bonds. The third-order valence-electron chi connectivity index (χ3n) is 4.97. The molecule has 1 atom stereocenters. The largest absolute Gasteiger partial charge is 0.497 e. The van der Waals surface area contributed by atoms with Gasteiger partial charge in [-0.2, -0.15) is 0 Å². The summed E-state index contributed by atoms with van der Waals surface area (Å²) < 4.78 is 5.23. The van der Waals surface area contributed by atoms with Gasteiger partial charge in [0.05, 0.1) is 12.9 Å². The predicted molar refractivity (Wildman–Crippen MR) is 127 cm³/mol. The maximum absolute atomic E-state index is 13.3. The van der Waals surface area contributed by atoms with E-state index < -0.39 is 6.04 Å². The molecule has 0 radical (unpaired) electrons. The Morgan fingerprint density at radius 3 is 2.26 bits per heavy atom. The van der Waals surface area contributed by atoms with Gasteiger partial charge < -0.3 is 15.0 Å². The Morgan fingerprint density at radius 1 is 1.06 bits per heavy atom. The van der Waals surface area contributed by atoms with Crippen LogP contribution in [0.5, 0.6) is 5.75 Å². The van der Waals surface area contributed by atoms with Crippen molar-refractivity contribution in [2.24, 2.45) is 5.92 Å². The highest BCUT2D eigenvalue weighted by Gasteiger charge is 2.28. The molecule has 0 saturated heterocycles. The quantitative estimate of drug-likeness (QED) is 0.514. The third kappa shape index (κ3) is 7.94. The van der Waals surface area contributed by atoms with Gasteiger partial charge in [-0.15, -0.1) is 11.8 Å². The minimum absolute atomic E-state index is 0.0482. The number of thioether (sulfide) groups is 1. The molecule has 0 aromatic heterocycles. The number of benzene rings is 2. The molecule has 0 saturated carbocycles. The van der Waals surface area contributed by atoms with Crippen LogP contribution in [0.2, 0.25) is 0 Å². The summed E-state index contributed by atoms with van der Waals surface area (Å²) in [4.78, 5) is 28.9. The monoisotopic (exact) mass is 442 g/mol. The lowest BCUT2D eigenvalue weighted by molar-refractivity contribution is -0.139. The molecular weight excluding hydrogens is 408 g/mol. The first-order valence-electron chi connectivity index (χ1n) is 10.7. The van der Waals surface area contributed by atoms with Gasteiger partial charge in [-0.3, -0.25) is 9.59 Å². The maximum Gasteiger partial charge on any atom is 0.242 e. The number of amides is 2. The second-order valence-corrected chi connectivity index (χ2v) is 9.08. The highest BCUT2D eigenvalue weighted by molar-refractivity contribution is 8.00. The Hall–Kier alpha value is -2.47. The SMILES string of the molecule is CC[C@H](C(=O)NCC(C)C)N(Cc1ccc(OC)cc1)C(=O)CSc1ccc(C)cc1.